The first kappa shape index (κ1) is 18.3. The molecule has 1 saturated heterocycles. The maximum absolute atomic E-state index is 6.64. The van der Waals surface area contributed by atoms with Gasteiger partial charge in [-0.15, -0.1) is 0 Å². The molecule has 0 bridgehead atoms. The van der Waals surface area contributed by atoms with Crippen LogP contribution >= 0.6 is 0 Å². The summed E-state index contributed by atoms with van der Waals surface area (Å²) in [5.41, 5.74) is 2.98. The van der Waals surface area contributed by atoms with E-state index in [9.17, 15) is 0 Å². The highest BCUT2D eigenvalue weighted by Gasteiger charge is 2.51. The smallest absolute Gasteiger partial charge is 0.200 e. The fourth-order valence-corrected chi connectivity index (χ4v) is 4.72. The summed E-state index contributed by atoms with van der Waals surface area (Å²) >= 11 is 0. The molecule has 0 amide bonds. The maximum atomic E-state index is 6.64. The molecule has 3 heterocycles. The van der Waals surface area contributed by atoms with Crippen molar-refractivity contribution in [2.75, 3.05) is 34.4 Å². The van der Waals surface area contributed by atoms with E-state index in [0.717, 1.165) is 60.9 Å². The Balaban J connectivity index is 1.56. The standard InChI is InChI=1S/C23H27N3O3/c1-25-12-10-23(11-13-25)26-19(17-6-4-5-7-20(17)29-23)15-18(24-26)16-8-9-21(27-2)22(14-16)28-3/h4-9,14,19H,10-13,15H2,1-3H3/t19-/m1/s1. The van der Waals surface area contributed by atoms with Crippen LogP contribution in [0.5, 0.6) is 17.2 Å². The van der Waals surface area contributed by atoms with Crippen molar-refractivity contribution in [3.8, 4) is 17.2 Å². The summed E-state index contributed by atoms with van der Waals surface area (Å²) in [6.45, 7) is 2.01. The number of fused-ring (bicyclic) bond motifs is 4. The van der Waals surface area contributed by atoms with E-state index in [4.69, 9.17) is 19.3 Å². The number of hydrogen-bond donors (Lipinski definition) is 0. The van der Waals surface area contributed by atoms with E-state index in [1.165, 1.54) is 5.56 Å². The lowest BCUT2D eigenvalue weighted by Crippen LogP contribution is -2.58. The van der Waals surface area contributed by atoms with Crippen molar-refractivity contribution in [3.63, 3.8) is 0 Å². The van der Waals surface area contributed by atoms with Crippen molar-refractivity contribution in [3.05, 3.63) is 53.6 Å². The highest BCUT2D eigenvalue weighted by atomic mass is 16.5. The van der Waals surface area contributed by atoms with Crippen LogP contribution in [0, 0.1) is 0 Å². The summed E-state index contributed by atoms with van der Waals surface area (Å²) in [5.74, 6) is 2.46. The van der Waals surface area contributed by atoms with E-state index in [2.05, 4.69) is 47.3 Å². The quantitative estimate of drug-likeness (QED) is 0.796. The van der Waals surface area contributed by atoms with Crippen LogP contribution in [-0.4, -0.2) is 55.7 Å². The number of benzene rings is 2. The lowest BCUT2D eigenvalue weighted by atomic mass is 9.91. The van der Waals surface area contributed by atoms with Crippen LogP contribution in [0.2, 0.25) is 0 Å². The first-order chi connectivity index (χ1) is 14.1. The molecule has 1 fully saturated rings. The molecule has 0 aliphatic carbocycles. The third kappa shape index (κ3) is 2.94. The molecule has 0 aromatic heterocycles. The summed E-state index contributed by atoms with van der Waals surface area (Å²) in [4.78, 5) is 2.36. The summed E-state index contributed by atoms with van der Waals surface area (Å²) in [7, 11) is 5.49. The van der Waals surface area contributed by atoms with Crippen LogP contribution in [0.1, 0.15) is 36.4 Å². The van der Waals surface area contributed by atoms with Gasteiger partial charge in [-0.25, -0.2) is 5.01 Å². The van der Waals surface area contributed by atoms with Crippen LogP contribution in [0.15, 0.2) is 47.6 Å². The number of piperidine rings is 1. The van der Waals surface area contributed by atoms with Gasteiger partial charge in [-0.05, 0) is 31.3 Å². The number of rotatable bonds is 3. The van der Waals surface area contributed by atoms with Gasteiger partial charge in [0.25, 0.3) is 0 Å². The minimum Gasteiger partial charge on any atom is -0.493 e. The van der Waals surface area contributed by atoms with Gasteiger partial charge in [0.1, 0.15) is 5.75 Å². The molecule has 2 aromatic carbocycles. The fourth-order valence-electron chi connectivity index (χ4n) is 4.72. The predicted molar refractivity (Wildman–Crippen MR) is 112 cm³/mol. The minimum atomic E-state index is -0.371. The summed E-state index contributed by atoms with van der Waals surface area (Å²) in [6, 6.07) is 14.6. The molecule has 3 aliphatic heterocycles. The second-order valence-corrected chi connectivity index (χ2v) is 8.07. The van der Waals surface area contributed by atoms with Gasteiger partial charge in [0.05, 0.1) is 26.0 Å². The van der Waals surface area contributed by atoms with E-state index >= 15 is 0 Å². The largest absolute Gasteiger partial charge is 0.493 e. The average Bonchev–Trinajstić information content (AvgIpc) is 3.22. The number of methoxy groups -OCH3 is 2. The number of hydrazone groups is 1. The zero-order valence-electron chi connectivity index (χ0n) is 17.2. The molecule has 0 saturated carbocycles. The summed E-state index contributed by atoms with van der Waals surface area (Å²) in [6.07, 6.45) is 2.74. The Morgan fingerprint density at radius 2 is 1.79 bits per heavy atom. The van der Waals surface area contributed by atoms with Gasteiger partial charge in [-0.3, -0.25) is 0 Å². The van der Waals surface area contributed by atoms with Crippen molar-refractivity contribution < 1.29 is 14.2 Å². The average molecular weight is 393 g/mol. The first-order valence-electron chi connectivity index (χ1n) is 10.2. The molecule has 0 unspecified atom stereocenters. The van der Waals surface area contributed by atoms with Gasteiger partial charge in [-0.1, -0.05) is 18.2 Å². The van der Waals surface area contributed by atoms with Crippen molar-refractivity contribution in [1.29, 1.82) is 0 Å². The highest BCUT2D eigenvalue weighted by molar-refractivity contribution is 6.02. The zero-order valence-corrected chi connectivity index (χ0v) is 17.2. The highest BCUT2D eigenvalue weighted by Crippen LogP contribution is 2.50. The van der Waals surface area contributed by atoms with E-state index < -0.39 is 0 Å². The lowest BCUT2D eigenvalue weighted by molar-refractivity contribution is -0.147. The van der Waals surface area contributed by atoms with Gasteiger partial charge < -0.3 is 19.1 Å². The van der Waals surface area contributed by atoms with Crippen molar-refractivity contribution in [2.24, 2.45) is 5.10 Å². The van der Waals surface area contributed by atoms with Crippen molar-refractivity contribution in [2.45, 2.75) is 31.0 Å². The van der Waals surface area contributed by atoms with Crippen LogP contribution < -0.4 is 14.2 Å². The Labute approximate surface area is 171 Å². The fraction of sp³-hybridized carbons (Fsp3) is 0.435. The number of ether oxygens (including phenoxy) is 3. The Kier molecular flexibility index (Phi) is 4.39. The van der Waals surface area contributed by atoms with Gasteiger partial charge in [-0.2, -0.15) is 5.10 Å². The van der Waals surface area contributed by atoms with Crippen LogP contribution in [0.4, 0.5) is 0 Å². The maximum Gasteiger partial charge on any atom is 0.200 e. The number of likely N-dealkylation sites (tertiary alicyclic amines) is 1. The molecule has 0 N–H and O–H groups in total. The van der Waals surface area contributed by atoms with Gasteiger partial charge in [0.2, 0.25) is 5.72 Å². The van der Waals surface area contributed by atoms with Gasteiger partial charge >= 0.3 is 0 Å². The Hall–Kier alpha value is -2.73. The Morgan fingerprint density at radius 1 is 1.03 bits per heavy atom. The zero-order chi connectivity index (χ0) is 20.0. The molecule has 5 rings (SSSR count). The summed E-state index contributed by atoms with van der Waals surface area (Å²) < 4.78 is 17.5. The molecule has 6 heteroatoms. The SMILES string of the molecule is COc1ccc(C2=NN3[C@H](C2)c2ccccc2OC32CCN(C)CC2)cc1OC. The number of para-hydroxylation sites is 1. The molecule has 2 aromatic rings. The normalized spacial score (nSPS) is 22.5. The van der Waals surface area contributed by atoms with Gasteiger partial charge in [0.15, 0.2) is 11.5 Å². The molecule has 0 radical (unpaired) electrons. The van der Waals surface area contributed by atoms with Crippen molar-refractivity contribution >= 4 is 5.71 Å². The lowest BCUT2D eigenvalue weighted by Gasteiger charge is -2.50. The third-order valence-electron chi connectivity index (χ3n) is 6.39. The third-order valence-corrected chi connectivity index (χ3v) is 6.39. The Bertz CT molecular complexity index is 950. The van der Waals surface area contributed by atoms with E-state index in [1.54, 1.807) is 14.2 Å². The Morgan fingerprint density at radius 3 is 2.55 bits per heavy atom. The molecular formula is C23H27N3O3. The molecule has 29 heavy (non-hydrogen) atoms. The monoisotopic (exact) mass is 393 g/mol. The second kappa shape index (κ2) is 6.95. The molecular weight excluding hydrogens is 366 g/mol. The first-order valence-corrected chi connectivity index (χ1v) is 10.2. The van der Waals surface area contributed by atoms with Crippen LogP contribution in [0.25, 0.3) is 0 Å². The van der Waals surface area contributed by atoms with Gasteiger partial charge in [0, 0.05) is 43.5 Å². The van der Waals surface area contributed by atoms with E-state index in [1.807, 2.05) is 12.1 Å². The summed E-state index contributed by atoms with van der Waals surface area (Å²) in [5, 5.41) is 7.37. The molecule has 1 spiro atoms. The molecule has 1 atom stereocenters. The minimum absolute atomic E-state index is 0.200. The molecule has 6 nitrogen and oxygen atoms in total. The second-order valence-electron chi connectivity index (χ2n) is 8.07. The van der Waals surface area contributed by atoms with Crippen molar-refractivity contribution in [1.82, 2.24) is 9.91 Å². The topological polar surface area (TPSA) is 46.5 Å². The van der Waals surface area contributed by atoms with Crippen LogP contribution in [0.3, 0.4) is 0 Å². The molecule has 3 aliphatic rings. The predicted octanol–water partition coefficient (Wildman–Crippen LogP) is 3.67. The molecule has 152 valence electrons. The van der Waals surface area contributed by atoms with E-state index in [0.29, 0.717) is 0 Å². The number of hydrogen-bond acceptors (Lipinski definition) is 6. The van der Waals surface area contributed by atoms with Crippen LogP contribution in [-0.2, 0) is 0 Å². The number of nitrogens with zero attached hydrogens (tertiary/aromatic N) is 3. The van der Waals surface area contributed by atoms with E-state index in [-0.39, 0.29) is 11.8 Å².